The van der Waals surface area contributed by atoms with Crippen LogP contribution in [0.15, 0.2) is 4.99 Å². The summed E-state index contributed by atoms with van der Waals surface area (Å²) in [6.07, 6.45) is 4.42. The molecule has 1 saturated carbocycles. The third-order valence-electron chi connectivity index (χ3n) is 5.71. The van der Waals surface area contributed by atoms with E-state index in [1.165, 1.54) is 34.4 Å². The maximum atomic E-state index is 12.4. The first kappa shape index (κ1) is 26.3. The SMILES string of the molecule is COC1=NC(CC(=O)Nc2nnc(C3CCCC(c4nnc(NC(=O)CC(N)CS)s4)C3)s2)CS1. The minimum atomic E-state index is -0.287. The number of thiol groups is 1. The summed E-state index contributed by atoms with van der Waals surface area (Å²) in [5, 5.41) is 26.1. The lowest BCUT2D eigenvalue weighted by atomic mass is 9.82. The Kier molecular flexibility index (Phi) is 9.33. The summed E-state index contributed by atoms with van der Waals surface area (Å²) in [5.74, 6) is 1.36. The quantitative estimate of drug-likeness (QED) is 0.341. The molecule has 2 aromatic heterocycles. The van der Waals surface area contributed by atoms with Gasteiger partial charge in [0.2, 0.25) is 27.3 Å². The molecule has 2 aromatic rings. The van der Waals surface area contributed by atoms with Gasteiger partial charge < -0.3 is 21.1 Å². The van der Waals surface area contributed by atoms with E-state index in [9.17, 15) is 9.59 Å². The predicted molar refractivity (Wildman–Crippen MR) is 143 cm³/mol. The smallest absolute Gasteiger partial charge is 0.245 e. The van der Waals surface area contributed by atoms with Crippen LogP contribution in [0.3, 0.4) is 0 Å². The van der Waals surface area contributed by atoms with E-state index in [0.717, 1.165) is 41.5 Å². The molecule has 11 nitrogen and oxygen atoms in total. The zero-order valence-electron chi connectivity index (χ0n) is 19.2. The van der Waals surface area contributed by atoms with E-state index in [1.807, 2.05) is 0 Å². The van der Waals surface area contributed by atoms with Gasteiger partial charge in [0.15, 0.2) is 0 Å². The van der Waals surface area contributed by atoms with Crippen LogP contribution in [0.2, 0.25) is 0 Å². The third-order valence-corrected chi connectivity index (χ3v) is 9.25. The zero-order valence-corrected chi connectivity index (χ0v) is 22.5. The highest BCUT2D eigenvalue weighted by Crippen LogP contribution is 2.43. The number of nitrogens with two attached hydrogens (primary N) is 1. The molecule has 0 bridgehead atoms. The Hall–Kier alpha value is -1.81. The fraction of sp³-hybridized carbons (Fsp3) is 0.650. The molecule has 4 rings (SSSR count). The number of rotatable bonds is 9. The van der Waals surface area contributed by atoms with Crippen molar-refractivity contribution in [2.75, 3.05) is 29.2 Å². The van der Waals surface area contributed by atoms with Crippen LogP contribution < -0.4 is 16.4 Å². The molecule has 1 aliphatic heterocycles. The minimum Gasteiger partial charge on any atom is -0.476 e. The number of anilines is 2. The Morgan fingerprint density at radius 3 is 2.29 bits per heavy atom. The number of carbonyl (C=O) groups is 2. The fourth-order valence-electron chi connectivity index (χ4n) is 4.00. The number of amides is 2. The summed E-state index contributed by atoms with van der Waals surface area (Å²) in [5.41, 5.74) is 5.78. The van der Waals surface area contributed by atoms with Crippen LogP contribution in [0, 0.1) is 0 Å². The highest BCUT2D eigenvalue weighted by molar-refractivity contribution is 8.13. The minimum absolute atomic E-state index is 0.0808. The summed E-state index contributed by atoms with van der Waals surface area (Å²) < 4.78 is 5.12. The molecule has 0 aromatic carbocycles. The van der Waals surface area contributed by atoms with E-state index >= 15 is 0 Å². The van der Waals surface area contributed by atoms with E-state index < -0.39 is 0 Å². The molecule has 0 saturated heterocycles. The molecule has 15 heteroatoms. The van der Waals surface area contributed by atoms with Crippen molar-refractivity contribution in [1.29, 1.82) is 0 Å². The lowest BCUT2D eigenvalue weighted by Crippen LogP contribution is -2.28. The van der Waals surface area contributed by atoms with Crippen LogP contribution in [0.1, 0.15) is 60.4 Å². The molecule has 3 heterocycles. The van der Waals surface area contributed by atoms with Gasteiger partial charge in [-0.1, -0.05) is 40.9 Å². The molecule has 35 heavy (non-hydrogen) atoms. The molecule has 190 valence electrons. The van der Waals surface area contributed by atoms with Crippen molar-refractivity contribution < 1.29 is 14.3 Å². The molecule has 2 aliphatic rings. The van der Waals surface area contributed by atoms with Crippen LogP contribution in [0.25, 0.3) is 0 Å². The van der Waals surface area contributed by atoms with Gasteiger partial charge in [-0.25, -0.2) is 4.99 Å². The Bertz CT molecular complexity index is 1060. The molecule has 4 unspecified atom stereocenters. The zero-order chi connectivity index (χ0) is 24.8. The average Bonchev–Trinajstić information content (AvgIpc) is 3.60. The van der Waals surface area contributed by atoms with E-state index in [0.29, 0.717) is 21.2 Å². The molecular formula is C20H28N8O3S4. The summed E-state index contributed by atoms with van der Waals surface area (Å²) in [4.78, 5) is 28.8. The van der Waals surface area contributed by atoms with Crippen LogP contribution in [-0.2, 0) is 14.3 Å². The Morgan fingerprint density at radius 1 is 1.09 bits per heavy atom. The van der Waals surface area contributed by atoms with Gasteiger partial charge in [0.05, 0.1) is 19.6 Å². The summed E-state index contributed by atoms with van der Waals surface area (Å²) in [7, 11) is 1.58. The first-order valence-electron chi connectivity index (χ1n) is 11.3. The van der Waals surface area contributed by atoms with Crippen molar-refractivity contribution >= 4 is 74.4 Å². The molecule has 0 radical (unpaired) electrons. The summed E-state index contributed by atoms with van der Waals surface area (Å²) in [6.45, 7) is 0. The molecule has 4 N–H and O–H groups in total. The first-order chi connectivity index (χ1) is 16.9. The summed E-state index contributed by atoms with van der Waals surface area (Å²) in [6, 6.07) is -0.368. The topological polar surface area (TPSA) is 157 Å². The number of nitrogens with one attached hydrogen (secondary N) is 2. The van der Waals surface area contributed by atoms with Crippen molar-refractivity contribution in [1.82, 2.24) is 20.4 Å². The van der Waals surface area contributed by atoms with Crippen LogP contribution in [0.5, 0.6) is 0 Å². The van der Waals surface area contributed by atoms with Gasteiger partial charge in [-0.2, -0.15) is 12.6 Å². The van der Waals surface area contributed by atoms with Gasteiger partial charge in [0, 0.05) is 35.8 Å². The predicted octanol–water partition coefficient (Wildman–Crippen LogP) is 2.86. The third kappa shape index (κ3) is 7.35. The van der Waals surface area contributed by atoms with Crippen molar-refractivity contribution in [3.05, 3.63) is 10.0 Å². The van der Waals surface area contributed by atoms with Crippen molar-refractivity contribution in [2.24, 2.45) is 10.7 Å². The molecule has 1 fully saturated rings. The van der Waals surface area contributed by atoms with E-state index in [2.05, 4.69) is 48.6 Å². The number of thioether (sulfide) groups is 1. The number of hydrogen-bond donors (Lipinski definition) is 4. The number of aromatic nitrogens is 4. The number of nitrogens with zero attached hydrogens (tertiary/aromatic N) is 5. The van der Waals surface area contributed by atoms with Crippen LogP contribution in [-0.4, -0.2) is 68.1 Å². The second-order valence-electron chi connectivity index (χ2n) is 8.46. The maximum absolute atomic E-state index is 12.4. The van der Waals surface area contributed by atoms with E-state index in [4.69, 9.17) is 10.5 Å². The first-order valence-corrected chi connectivity index (χ1v) is 14.6. The standard InChI is InChI=1S/C20H28N8O3S4/c1-31-20-22-13(9-33-20)7-15(30)24-19-28-26-17(35-19)11-4-2-3-10(5-11)16-25-27-18(34-16)23-14(29)6-12(21)8-32/h10-13,32H,2-9,21H2,1H3,(H,23,27,29)(H,24,28,30). The second-order valence-corrected chi connectivity index (χ2v) is 11.8. The van der Waals surface area contributed by atoms with Gasteiger partial charge in [-0.15, -0.1) is 20.4 Å². The normalized spacial score (nSPS) is 22.9. The number of aliphatic imine (C=N–C) groups is 1. The van der Waals surface area contributed by atoms with Gasteiger partial charge in [0.25, 0.3) is 0 Å². The number of ether oxygens (including phenoxy) is 1. The molecule has 2 amide bonds. The van der Waals surface area contributed by atoms with Crippen LogP contribution >= 0.6 is 47.1 Å². The van der Waals surface area contributed by atoms with Gasteiger partial charge in [-0.05, 0) is 19.3 Å². The van der Waals surface area contributed by atoms with Gasteiger partial charge in [-0.3, -0.25) is 9.59 Å². The highest BCUT2D eigenvalue weighted by atomic mass is 32.2. The highest BCUT2D eigenvalue weighted by Gasteiger charge is 2.30. The lowest BCUT2D eigenvalue weighted by Gasteiger charge is -2.25. The van der Waals surface area contributed by atoms with E-state index in [-0.39, 0.29) is 48.6 Å². The van der Waals surface area contributed by atoms with Gasteiger partial charge >= 0.3 is 0 Å². The Labute approximate surface area is 220 Å². The number of hydrogen-bond acceptors (Lipinski definition) is 13. The summed E-state index contributed by atoms with van der Waals surface area (Å²) >= 11 is 8.45. The Morgan fingerprint density at radius 2 is 1.71 bits per heavy atom. The number of carbonyl (C=O) groups excluding carboxylic acids is 2. The lowest BCUT2D eigenvalue weighted by molar-refractivity contribution is -0.117. The molecule has 4 atom stereocenters. The van der Waals surface area contributed by atoms with Gasteiger partial charge in [0.1, 0.15) is 10.0 Å². The van der Waals surface area contributed by atoms with Crippen LogP contribution in [0.4, 0.5) is 10.3 Å². The molecule has 0 spiro atoms. The largest absolute Gasteiger partial charge is 0.476 e. The Balaban J connectivity index is 1.29. The maximum Gasteiger partial charge on any atom is 0.245 e. The monoisotopic (exact) mass is 556 g/mol. The molecular weight excluding hydrogens is 529 g/mol. The second kappa shape index (κ2) is 12.4. The molecule has 1 aliphatic carbocycles. The van der Waals surface area contributed by atoms with E-state index in [1.54, 1.807) is 7.11 Å². The van der Waals surface area contributed by atoms with Crippen molar-refractivity contribution in [2.45, 2.75) is 62.4 Å². The fourth-order valence-corrected chi connectivity index (χ4v) is 6.82. The number of methoxy groups -OCH3 is 1. The van der Waals surface area contributed by atoms with Crippen molar-refractivity contribution in [3.8, 4) is 0 Å². The van der Waals surface area contributed by atoms with Crippen molar-refractivity contribution in [3.63, 3.8) is 0 Å². The average molecular weight is 557 g/mol.